The Kier molecular flexibility index (Phi) is 14.9. The van der Waals surface area contributed by atoms with Gasteiger partial charge in [0.05, 0.1) is 11.8 Å². The lowest BCUT2D eigenvalue weighted by Crippen LogP contribution is -2.16. The highest BCUT2D eigenvalue weighted by Crippen LogP contribution is 2.16. The number of nitrogens with one attached hydrogen (secondary N) is 1. The van der Waals surface area contributed by atoms with Gasteiger partial charge in [-0.15, -0.1) is 0 Å². The van der Waals surface area contributed by atoms with Crippen molar-refractivity contribution in [2.45, 2.75) is 104 Å². The van der Waals surface area contributed by atoms with E-state index in [1.807, 2.05) is 25.1 Å². The summed E-state index contributed by atoms with van der Waals surface area (Å²) in [5.41, 5.74) is 4.83. The van der Waals surface area contributed by atoms with Crippen LogP contribution in [-0.2, 0) is 4.79 Å². The number of unbranched alkanes of at least 4 members (excludes halogenated alkanes) is 12. The smallest absolute Gasteiger partial charge is 0.343 e. The van der Waals surface area contributed by atoms with Gasteiger partial charge in [0, 0.05) is 6.42 Å². The molecule has 0 aliphatic heterocycles. The standard InChI is InChI=1S/C31H44N2O3/c1-3-4-5-6-7-8-9-10-11-12-13-14-15-20-30(34)33-32-25-27-21-23-28(24-22-27)36-31(35)29-19-17-16-18-26(29)2/h16-19,21-25H,3-15,20H2,1-2H3,(H,33,34)/b32-25-. The lowest BCUT2D eigenvalue weighted by Gasteiger charge is -2.06. The number of ether oxygens (including phenoxy) is 1. The van der Waals surface area contributed by atoms with Crippen molar-refractivity contribution in [1.82, 2.24) is 5.43 Å². The van der Waals surface area contributed by atoms with Crippen molar-refractivity contribution in [2.75, 3.05) is 0 Å². The Bertz CT molecular complexity index is 922. The van der Waals surface area contributed by atoms with E-state index in [9.17, 15) is 9.59 Å². The summed E-state index contributed by atoms with van der Waals surface area (Å²) < 4.78 is 5.44. The van der Waals surface area contributed by atoms with E-state index in [2.05, 4.69) is 17.5 Å². The molecule has 2 aromatic rings. The van der Waals surface area contributed by atoms with Crippen molar-refractivity contribution >= 4 is 18.1 Å². The Morgan fingerprint density at radius 3 is 1.92 bits per heavy atom. The fraction of sp³-hybridized carbons (Fsp3) is 0.516. The van der Waals surface area contributed by atoms with Crippen LogP contribution in [0.4, 0.5) is 0 Å². The van der Waals surface area contributed by atoms with Gasteiger partial charge in [0.25, 0.3) is 0 Å². The molecule has 0 atom stereocenters. The number of amides is 1. The van der Waals surface area contributed by atoms with Crippen molar-refractivity contribution in [2.24, 2.45) is 5.10 Å². The molecule has 2 rings (SSSR count). The highest BCUT2D eigenvalue weighted by molar-refractivity contribution is 5.92. The third-order valence-corrected chi connectivity index (χ3v) is 6.37. The predicted octanol–water partition coefficient (Wildman–Crippen LogP) is 8.15. The fourth-order valence-corrected chi connectivity index (χ4v) is 4.12. The first-order valence-electron chi connectivity index (χ1n) is 13.8. The molecule has 0 heterocycles. The molecule has 0 aromatic heterocycles. The fourth-order valence-electron chi connectivity index (χ4n) is 4.12. The Labute approximate surface area is 217 Å². The highest BCUT2D eigenvalue weighted by Gasteiger charge is 2.10. The summed E-state index contributed by atoms with van der Waals surface area (Å²) in [6, 6.07) is 14.3. The number of carbonyl (C=O) groups excluding carboxylic acids is 2. The second-order valence-corrected chi connectivity index (χ2v) is 9.56. The number of nitrogens with zero attached hydrogens (tertiary/aromatic N) is 1. The van der Waals surface area contributed by atoms with E-state index in [1.54, 1.807) is 36.5 Å². The van der Waals surface area contributed by atoms with E-state index in [1.165, 1.54) is 70.6 Å². The average molecular weight is 493 g/mol. The number of esters is 1. The van der Waals surface area contributed by atoms with E-state index in [0.717, 1.165) is 24.0 Å². The molecule has 0 fully saturated rings. The van der Waals surface area contributed by atoms with E-state index < -0.39 is 0 Å². The minimum atomic E-state index is -0.380. The van der Waals surface area contributed by atoms with E-state index in [4.69, 9.17) is 4.74 Å². The normalized spacial score (nSPS) is 11.1. The second-order valence-electron chi connectivity index (χ2n) is 9.56. The topological polar surface area (TPSA) is 67.8 Å². The molecule has 1 N–H and O–H groups in total. The maximum Gasteiger partial charge on any atom is 0.343 e. The molecule has 0 saturated heterocycles. The van der Waals surface area contributed by atoms with Crippen molar-refractivity contribution in [3.63, 3.8) is 0 Å². The van der Waals surface area contributed by atoms with Crippen LogP contribution in [0.3, 0.4) is 0 Å². The number of aryl methyl sites for hydroxylation is 1. The zero-order chi connectivity index (χ0) is 25.8. The number of benzene rings is 2. The van der Waals surface area contributed by atoms with Crippen molar-refractivity contribution in [3.05, 3.63) is 65.2 Å². The van der Waals surface area contributed by atoms with E-state index in [-0.39, 0.29) is 11.9 Å². The van der Waals surface area contributed by atoms with Crippen molar-refractivity contribution in [3.8, 4) is 5.75 Å². The molecule has 36 heavy (non-hydrogen) atoms. The van der Waals surface area contributed by atoms with Gasteiger partial charge < -0.3 is 4.74 Å². The summed E-state index contributed by atoms with van der Waals surface area (Å²) in [5, 5.41) is 4.04. The summed E-state index contributed by atoms with van der Waals surface area (Å²) in [4.78, 5) is 24.3. The average Bonchev–Trinajstić information content (AvgIpc) is 2.88. The van der Waals surface area contributed by atoms with Gasteiger partial charge in [-0.2, -0.15) is 5.10 Å². The summed E-state index contributed by atoms with van der Waals surface area (Å²) in [6.07, 6.45) is 18.9. The van der Waals surface area contributed by atoms with Gasteiger partial charge in [0.1, 0.15) is 5.75 Å². The van der Waals surface area contributed by atoms with E-state index >= 15 is 0 Å². The first-order valence-corrected chi connectivity index (χ1v) is 13.8. The molecule has 0 aliphatic carbocycles. The van der Waals surface area contributed by atoms with Gasteiger partial charge in [0.2, 0.25) is 5.91 Å². The van der Waals surface area contributed by atoms with Crippen LogP contribution >= 0.6 is 0 Å². The van der Waals surface area contributed by atoms with Crippen LogP contribution in [0, 0.1) is 6.92 Å². The lowest BCUT2D eigenvalue weighted by molar-refractivity contribution is -0.121. The van der Waals surface area contributed by atoms with Crippen LogP contribution in [0.5, 0.6) is 5.75 Å². The molecule has 0 spiro atoms. The monoisotopic (exact) mass is 492 g/mol. The summed E-state index contributed by atoms with van der Waals surface area (Å²) in [6.45, 7) is 4.14. The minimum absolute atomic E-state index is 0.0573. The van der Waals surface area contributed by atoms with Crippen LogP contribution < -0.4 is 10.2 Å². The number of hydrogen-bond acceptors (Lipinski definition) is 4. The summed E-state index contributed by atoms with van der Waals surface area (Å²) >= 11 is 0. The predicted molar refractivity (Wildman–Crippen MR) is 149 cm³/mol. The molecule has 0 radical (unpaired) electrons. The van der Waals surface area contributed by atoms with Crippen LogP contribution in [0.1, 0.15) is 118 Å². The SMILES string of the molecule is CCCCCCCCCCCCCCCC(=O)N/N=C\c1ccc(OC(=O)c2ccccc2C)cc1. The minimum Gasteiger partial charge on any atom is -0.423 e. The van der Waals surface area contributed by atoms with Gasteiger partial charge >= 0.3 is 5.97 Å². The van der Waals surface area contributed by atoms with Gasteiger partial charge in [0.15, 0.2) is 0 Å². The molecule has 0 saturated carbocycles. The molecule has 2 aromatic carbocycles. The maximum absolute atomic E-state index is 12.3. The number of hydrogen-bond donors (Lipinski definition) is 1. The molecular formula is C31H44N2O3. The van der Waals surface area contributed by atoms with Crippen LogP contribution in [0.25, 0.3) is 0 Å². The van der Waals surface area contributed by atoms with Crippen molar-refractivity contribution < 1.29 is 14.3 Å². The second kappa shape index (κ2) is 18.3. The number of carbonyl (C=O) groups is 2. The van der Waals surface area contributed by atoms with Gasteiger partial charge in [-0.1, -0.05) is 102 Å². The molecule has 5 nitrogen and oxygen atoms in total. The quantitative estimate of drug-likeness (QED) is 0.0750. The van der Waals surface area contributed by atoms with Gasteiger partial charge in [-0.25, -0.2) is 10.2 Å². The van der Waals surface area contributed by atoms with Crippen LogP contribution in [-0.4, -0.2) is 18.1 Å². The Balaban J connectivity index is 1.51. The third kappa shape index (κ3) is 12.7. The van der Waals surface area contributed by atoms with Crippen molar-refractivity contribution in [1.29, 1.82) is 0 Å². The van der Waals surface area contributed by atoms with Crippen LogP contribution in [0.15, 0.2) is 53.6 Å². The first-order chi connectivity index (χ1) is 17.6. The number of rotatable bonds is 18. The maximum atomic E-state index is 12.3. The summed E-state index contributed by atoms with van der Waals surface area (Å²) in [7, 11) is 0. The number of hydrazone groups is 1. The molecule has 196 valence electrons. The molecule has 0 aliphatic rings. The summed E-state index contributed by atoms with van der Waals surface area (Å²) in [5.74, 6) is 0.0277. The molecule has 0 bridgehead atoms. The van der Waals surface area contributed by atoms with E-state index in [0.29, 0.717) is 17.7 Å². The lowest BCUT2D eigenvalue weighted by atomic mass is 10.0. The Morgan fingerprint density at radius 1 is 0.778 bits per heavy atom. The molecule has 0 unspecified atom stereocenters. The largest absolute Gasteiger partial charge is 0.423 e. The first kappa shape index (κ1) is 29.3. The molecule has 5 heteroatoms. The Hall–Kier alpha value is -2.95. The molecule has 1 amide bonds. The van der Waals surface area contributed by atoms with Gasteiger partial charge in [-0.05, 0) is 54.8 Å². The highest BCUT2D eigenvalue weighted by atomic mass is 16.5. The molecular weight excluding hydrogens is 448 g/mol. The third-order valence-electron chi connectivity index (χ3n) is 6.37. The van der Waals surface area contributed by atoms with Crippen LogP contribution in [0.2, 0.25) is 0 Å². The zero-order valence-corrected chi connectivity index (χ0v) is 22.3. The zero-order valence-electron chi connectivity index (χ0n) is 22.3. The Morgan fingerprint density at radius 2 is 1.33 bits per heavy atom. The van der Waals surface area contributed by atoms with Gasteiger partial charge in [-0.3, -0.25) is 4.79 Å².